The van der Waals surface area contributed by atoms with E-state index in [1.807, 2.05) is 0 Å². The Labute approximate surface area is 75.3 Å². The van der Waals surface area contributed by atoms with Crippen molar-refractivity contribution in [3.05, 3.63) is 0 Å². The van der Waals surface area contributed by atoms with Gasteiger partial charge in [-0.15, -0.1) is 0 Å². The summed E-state index contributed by atoms with van der Waals surface area (Å²) in [5.74, 6) is 0.936. The number of nitrogens with one attached hydrogen (secondary N) is 1. The summed E-state index contributed by atoms with van der Waals surface area (Å²) in [6, 6.07) is 0.890. The Balaban J connectivity index is 1.61. The van der Waals surface area contributed by atoms with Gasteiger partial charge in [0.2, 0.25) is 0 Å². The van der Waals surface area contributed by atoms with Crippen molar-refractivity contribution >= 4 is 0 Å². The molecule has 12 heavy (non-hydrogen) atoms. The standard InChI is InChI=1S/C10H20N2/c1-2-12-6-5-9(8-12)7-11-10-3-4-10/h9-11H,2-8H2,1H3. The van der Waals surface area contributed by atoms with Crippen LogP contribution in [0.2, 0.25) is 0 Å². The van der Waals surface area contributed by atoms with Gasteiger partial charge in [-0.1, -0.05) is 6.92 Å². The molecule has 2 heteroatoms. The van der Waals surface area contributed by atoms with E-state index < -0.39 is 0 Å². The fourth-order valence-corrected chi connectivity index (χ4v) is 1.99. The topological polar surface area (TPSA) is 15.3 Å². The van der Waals surface area contributed by atoms with Crippen LogP contribution in [0.15, 0.2) is 0 Å². The number of likely N-dealkylation sites (tertiary alicyclic amines) is 1. The lowest BCUT2D eigenvalue weighted by Crippen LogP contribution is -2.27. The molecule has 1 heterocycles. The van der Waals surface area contributed by atoms with Crippen LogP contribution in [0.4, 0.5) is 0 Å². The van der Waals surface area contributed by atoms with E-state index in [9.17, 15) is 0 Å². The molecule has 2 aliphatic rings. The minimum Gasteiger partial charge on any atom is -0.314 e. The Morgan fingerprint density at radius 2 is 2.17 bits per heavy atom. The van der Waals surface area contributed by atoms with Crippen LogP contribution in [0.3, 0.4) is 0 Å². The van der Waals surface area contributed by atoms with Crippen molar-refractivity contribution in [3.8, 4) is 0 Å². The third-order valence-electron chi connectivity index (χ3n) is 3.09. The number of hydrogen-bond acceptors (Lipinski definition) is 2. The highest BCUT2D eigenvalue weighted by molar-refractivity contribution is 4.84. The van der Waals surface area contributed by atoms with Gasteiger partial charge in [0, 0.05) is 12.6 Å². The van der Waals surface area contributed by atoms with Gasteiger partial charge in [-0.3, -0.25) is 0 Å². The van der Waals surface area contributed by atoms with Gasteiger partial charge in [0.25, 0.3) is 0 Å². The second-order valence-electron chi connectivity index (χ2n) is 4.23. The highest BCUT2D eigenvalue weighted by atomic mass is 15.1. The van der Waals surface area contributed by atoms with E-state index in [0.29, 0.717) is 0 Å². The fourth-order valence-electron chi connectivity index (χ4n) is 1.99. The molecule has 0 bridgehead atoms. The Bertz CT molecular complexity index is 143. The molecule has 2 fully saturated rings. The summed E-state index contributed by atoms with van der Waals surface area (Å²) in [7, 11) is 0. The molecule has 0 aromatic carbocycles. The van der Waals surface area contributed by atoms with Gasteiger partial charge in [-0.05, 0) is 44.8 Å². The monoisotopic (exact) mass is 168 g/mol. The molecule has 1 saturated carbocycles. The fraction of sp³-hybridized carbons (Fsp3) is 1.00. The SMILES string of the molecule is CCN1CCC(CNC2CC2)C1. The van der Waals surface area contributed by atoms with E-state index in [1.54, 1.807) is 0 Å². The smallest absolute Gasteiger partial charge is 0.00683 e. The minimum atomic E-state index is 0.890. The molecule has 1 saturated heterocycles. The Morgan fingerprint density at radius 3 is 2.75 bits per heavy atom. The first kappa shape index (κ1) is 8.52. The van der Waals surface area contributed by atoms with Gasteiger partial charge in [-0.2, -0.15) is 0 Å². The average molecular weight is 168 g/mol. The van der Waals surface area contributed by atoms with Crippen molar-refractivity contribution in [1.82, 2.24) is 10.2 Å². The molecule has 1 unspecified atom stereocenters. The first-order valence-corrected chi connectivity index (χ1v) is 5.34. The maximum Gasteiger partial charge on any atom is 0.00683 e. The molecule has 0 spiro atoms. The Morgan fingerprint density at radius 1 is 1.33 bits per heavy atom. The molecular weight excluding hydrogens is 148 g/mol. The second kappa shape index (κ2) is 3.75. The quantitative estimate of drug-likeness (QED) is 0.676. The van der Waals surface area contributed by atoms with Crippen molar-refractivity contribution < 1.29 is 0 Å². The van der Waals surface area contributed by atoms with Crippen LogP contribution in [0.25, 0.3) is 0 Å². The number of hydrogen-bond donors (Lipinski definition) is 1. The van der Waals surface area contributed by atoms with Crippen LogP contribution in [0.5, 0.6) is 0 Å². The van der Waals surface area contributed by atoms with Crippen LogP contribution >= 0.6 is 0 Å². The Kier molecular flexibility index (Phi) is 2.66. The molecule has 0 amide bonds. The van der Waals surface area contributed by atoms with Crippen LogP contribution in [-0.2, 0) is 0 Å². The van der Waals surface area contributed by atoms with Gasteiger partial charge in [-0.25, -0.2) is 0 Å². The molecule has 1 N–H and O–H groups in total. The van der Waals surface area contributed by atoms with Gasteiger partial charge in [0.05, 0.1) is 0 Å². The summed E-state index contributed by atoms with van der Waals surface area (Å²) in [6.45, 7) is 7.42. The zero-order valence-corrected chi connectivity index (χ0v) is 8.05. The third kappa shape index (κ3) is 2.20. The van der Waals surface area contributed by atoms with Crippen LogP contribution in [-0.4, -0.2) is 37.1 Å². The first-order valence-electron chi connectivity index (χ1n) is 5.34. The van der Waals surface area contributed by atoms with Crippen molar-refractivity contribution in [2.45, 2.75) is 32.2 Å². The largest absolute Gasteiger partial charge is 0.314 e. The van der Waals surface area contributed by atoms with Crippen LogP contribution in [0, 0.1) is 5.92 Å². The van der Waals surface area contributed by atoms with E-state index in [0.717, 1.165) is 12.0 Å². The molecule has 0 aromatic rings. The average Bonchev–Trinajstić information content (AvgIpc) is 2.81. The predicted molar refractivity (Wildman–Crippen MR) is 51.2 cm³/mol. The highest BCUT2D eigenvalue weighted by Crippen LogP contribution is 2.21. The lowest BCUT2D eigenvalue weighted by atomic mass is 10.1. The van der Waals surface area contributed by atoms with Gasteiger partial charge >= 0.3 is 0 Å². The maximum atomic E-state index is 3.62. The summed E-state index contributed by atoms with van der Waals surface area (Å²) >= 11 is 0. The van der Waals surface area contributed by atoms with E-state index in [-0.39, 0.29) is 0 Å². The summed E-state index contributed by atoms with van der Waals surface area (Å²) < 4.78 is 0. The molecule has 0 aromatic heterocycles. The molecule has 1 aliphatic carbocycles. The van der Waals surface area contributed by atoms with Gasteiger partial charge < -0.3 is 10.2 Å². The van der Waals surface area contributed by atoms with Crippen molar-refractivity contribution in [1.29, 1.82) is 0 Å². The summed E-state index contributed by atoms with van der Waals surface area (Å²) in [5, 5.41) is 3.62. The normalized spacial score (nSPS) is 31.2. The lowest BCUT2D eigenvalue weighted by molar-refractivity contribution is 0.339. The third-order valence-corrected chi connectivity index (χ3v) is 3.09. The van der Waals surface area contributed by atoms with Crippen molar-refractivity contribution in [3.63, 3.8) is 0 Å². The predicted octanol–water partition coefficient (Wildman–Crippen LogP) is 1.08. The second-order valence-corrected chi connectivity index (χ2v) is 4.23. The highest BCUT2D eigenvalue weighted by Gasteiger charge is 2.25. The minimum absolute atomic E-state index is 0.890. The zero-order chi connectivity index (χ0) is 8.39. The molecule has 70 valence electrons. The summed E-state index contributed by atoms with van der Waals surface area (Å²) in [5.41, 5.74) is 0. The zero-order valence-electron chi connectivity index (χ0n) is 8.05. The van der Waals surface area contributed by atoms with E-state index in [4.69, 9.17) is 0 Å². The molecule has 2 rings (SSSR count). The summed E-state index contributed by atoms with van der Waals surface area (Å²) in [4.78, 5) is 2.55. The number of nitrogens with zero attached hydrogens (tertiary/aromatic N) is 1. The molecule has 0 radical (unpaired) electrons. The van der Waals surface area contributed by atoms with Crippen molar-refractivity contribution in [2.24, 2.45) is 5.92 Å². The molecular formula is C10H20N2. The maximum absolute atomic E-state index is 3.62. The molecule has 1 aliphatic heterocycles. The first-order chi connectivity index (χ1) is 5.88. The van der Waals surface area contributed by atoms with E-state index in [2.05, 4.69) is 17.1 Å². The van der Waals surface area contributed by atoms with Crippen molar-refractivity contribution in [2.75, 3.05) is 26.2 Å². The van der Waals surface area contributed by atoms with Gasteiger partial charge in [0.15, 0.2) is 0 Å². The van der Waals surface area contributed by atoms with E-state index in [1.165, 1.54) is 45.4 Å². The molecule has 1 atom stereocenters. The summed E-state index contributed by atoms with van der Waals surface area (Å²) in [6.07, 6.45) is 4.25. The van der Waals surface area contributed by atoms with Gasteiger partial charge in [0.1, 0.15) is 0 Å². The lowest BCUT2D eigenvalue weighted by Gasteiger charge is -2.13. The van der Waals surface area contributed by atoms with Crippen LogP contribution < -0.4 is 5.32 Å². The Hall–Kier alpha value is -0.0800. The molecule has 2 nitrogen and oxygen atoms in total. The van der Waals surface area contributed by atoms with E-state index >= 15 is 0 Å². The van der Waals surface area contributed by atoms with Crippen LogP contribution in [0.1, 0.15) is 26.2 Å². The number of rotatable bonds is 4.